The molecule has 2 aliphatic rings. The van der Waals surface area contributed by atoms with Crippen LogP contribution in [0.1, 0.15) is 25.7 Å². The molecule has 0 radical (unpaired) electrons. The van der Waals surface area contributed by atoms with Gasteiger partial charge in [0.05, 0.1) is 0 Å². The van der Waals surface area contributed by atoms with E-state index >= 15 is 0 Å². The fourth-order valence-electron chi connectivity index (χ4n) is 3.06. The molecule has 2 fully saturated rings. The number of hydrogen-bond acceptors (Lipinski definition) is 4. The maximum atomic E-state index is 4.09. The zero-order chi connectivity index (χ0) is 12.9. The molecule has 1 unspecified atom stereocenters. The Morgan fingerprint density at radius 2 is 1.89 bits per heavy atom. The van der Waals surface area contributed by atoms with Gasteiger partial charge in [0.25, 0.3) is 0 Å². The highest BCUT2D eigenvalue weighted by atomic mass is 32.2. The molecule has 0 aliphatic carbocycles. The Morgan fingerprint density at radius 3 is 2.58 bits per heavy atom. The molecule has 0 spiro atoms. The summed E-state index contributed by atoms with van der Waals surface area (Å²) in [7, 11) is 0. The van der Waals surface area contributed by atoms with Crippen LogP contribution >= 0.6 is 11.8 Å². The van der Waals surface area contributed by atoms with Crippen LogP contribution in [0.3, 0.4) is 0 Å². The quantitative estimate of drug-likeness (QED) is 0.919. The molecule has 1 aromatic heterocycles. The molecular weight excluding hydrogens is 254 g/mol. The van der Waals surface area contributed by atoms with Crippen molar-refractivity contribution >= 4 is 17.4 Å². The van der Waals surface area contributed by atoms with Crippen molar-refractivity contribution < 1.29 is 0 Å². The van der Waals surface area contributed by atoms with Crippen LogP contribution in [0.5, 0.6) is 0 Å². The number of nitrogens with zero attached hydrogens (tertiary/aromatic N) is 2. The topological polar surface area (TPSA) is 28.2 Å². The number of anilines is 1. The predicted molar refractivity (Wildman–Crippen MR) is 83.0 cm³/mol. The minimum absolute atomic E-state index is 0.724. The number of piperidine rings is 1. The Hall–Kier alpha value is -0.740. The third-order valence-corrected chi connectivity index (χ3v) is 5.37. The zero-order valence-corrected chi connectivity index (χ0v) is 12.2. The van der Waals surface area contributed by atoms with Gasteiger partial charge in [0.2, 0.25) is 0 Å². The van der Waals surface area contributed by atoms with Crippen LogP contribution in [0, 0.1) is 0 Å². The molecule has 3 rings (SSSR count). The molecule has 104 valence electrons. The fraction of sp³-hybridized carbons (Fsp3) is 0.667. The first kappa shape index (κ1) is 13.3. The zero-order valence-electron chi connectivity index (χ0n) is 11.4. The Kier molecular flexibility index (Phi) is 4.62. The molecule has 1 N–H and O–H groups in total. The fourth-order valence-corrected chi connectivity index (χ4v) is 4.15. The van der Waals surface area contributed by atoms with Crippen molar-refractivity contribution in [2.24, 2.45) is 0 Å². The maximum absolute atomic E-state index is 4.09. The third-order valence-electron chi connectivity index (χ3n) is 4.15. The molecule has 0 amide bonds. The van der Waals surface area contributed by atoms with Gasteiger partial charge in [0.15, 0.2) is 0 Å². The minimum atomic E-state index is 0.724. The third kappa shape index (κ3) is 3.63. The summed E-state index contributed by atoms with van der Waals surface area (Å²) in [6.07, 6.45) is 9.07. The average molecular weight is 277 g/mol. The van der Waals surface area contributed by atoms with Crippen LogP contribution in [0.25, 0.3) is 0 Å². The van der Waals surface area contributed by atoms with Gasteiger partial charge in [-0.2, -0.15) is 11.8 Å². The summed E-state index contributed by atoms with van der Waals surface area (Å²) in [4.78, 5) is 6.57. The van der Waals surface area contributed by atoms with Gasteiger partial charge in [-0.05, 0) is 43.6 Å². The van der Waals surface area contributed by atoms with Crippen LogP contribution < -0.4 is 10.2 Å². The second-order valence-corrected chi connectivity index (χ2v) is 6.70. The van der Waals surface area contributed by atoms with E-state index in [0.29, 0.717) is 0 Å². The van der Waals surface area contributed by atoms with E-state index in [0.717, 1.165) is 12.1 Å². The van der Waals surface area contributed by atoms with E-state index in [-0.39, 0.29) is 0 Å². The lowest BCUT2D eigenvalue weighted by Gasteiger charge is -2.36. The molecular formula is C15H23N3S. The van der Waals surface area contributed by atoms with Crippen LogP contribution in [-0.2, 0) is 0 Å². The standard InChI is InChI=1S/C15H23N3S/c1-2-14(12-19-11-1)17-13-5-9-18(10-6-13)15-3-7-16-8-4-15/h3-4,7-8,13-14,17H,1-2,5-6,9-12H2. The number of thioether (sulfide) groups is 1. The van der Waals surface area contributed by atoms with Crippen LogP contribution in [0.4, 0.5) is 5.69 Å². The average Bonchev–Trinajstić information content (AvgIpc) is 2.50. The van der Waals surface area contributed by atoms with E-state index in [1.54, 1.807) is 0 Å². The highest BCUT2D eigenvalue weighted by Crippen LogP contribution is 2.22. The summed E-state index contributed by atoms with van der Waals surface area (Å²) in [6.45, 7) is 2.34. The Bertz CT molecular complexity index is 370. The summed E-state index contributed by atoms with van der Waals surface area (Å²) in [6, 6.07) is 5.72. The molecule has 1 aromatic rings. The van der Waals surface area contributed by atoms with Crippen LogP contribution in [-0.4, -0.2) is 41.7 Å². The summed E-state index contributed by atoms with van der Waals surface area (Å²) in [5.74, 6) is 2.67. The second kappa shape index (κ2) is 6.62. The van der Waals surface area contributed by atoms with Crippen LogP contribution in [0.15, 0.2) is 24.5 Å². The number of hydrogen-bond donors (Lipinski definition) is 1. The minimum Gasteiger partial charge on any atom is -0.371 e. The van der Waals surface area contributed by atoms with Crippen molar-refractivity contribution in [1.29, 1.82) is 0 Å². The summed E-state index contributed by atoms with van der Waals surface area (Å²) < 4.78 is 0. The van der Waals surface area contributed by atoms with Crippen molar-refractivity contribution in [2.75, 3.05) is 29.5 Å². The lowest BCUT2D eigenvalue weighted by Crippen LogP contribution is -2.47. The van der Waals surface area contributed by atoms with Gasteiger partial charge in [-0.25, -0.2) is 0 Å². The molecule has 3 nitrogen and oxygen atoms in total. The Labute approximate surface area is 120 Å². The smallest absolute Gasteiger partial charge is 0.0397 e. The molecule has 4 heteroatoms. The van der Waals surface area contributed by atoms with E-state index in [2.05, 4.69) is 39.1 Å². The highest BCUT2D eigenvalue weighted by molar-refractivity contribution is 7.99. The van der Waals surface area contributed by atoms with Crippen LogP contribution in [0.2, 0.25) is 0 Å². The first-order valence-electron chi connectivity index (χ1n) is 7.40. The largest absolute Gasteiger partial charge is 0.371 e. The van der Waals surface area contributed by atoms with Gasteiger partial charge >= 0.3 is 0 Å². The van der Waals surface area contributed by atoms with Gasteiger partial charge in [-0.1, -0.05) is 0 Å². The van der Waals surface area contributed by atoms with Crippen molar-refractivity contribution in [2.45, 2.75) is 37.8 Å². The summed E-state index contributed by atoms with van der Waals surface area (Å²) >= 11 is 2.11. The van der Waals surface area contributed by atoms with E-state index < -0.39 is 0 Å². The lowest BCUT2D eigenvalue weighted by molar-refractivity contribution is 0.365. The summed E-state index contributed by atoms with van der Waals surface area (Å²) in [5.41, 5.74) is 1.32. The normalized spacial score (nSPS) is 25.5. The van der Waals surface area contributed by atoms with Gasteiger partial charge in [0, 0.05) is 49.0 Å². The molecule has 2 saturated heterocycles. The maximum Gasteiger partial charge on any atom is 0.0397 e. The molecule has 2 aliphatic heterocycles. The van der Waals surface area contributed by atoms with E-state index in [4.69, 9.17) is 0 Å². The SMILES string of the molecule is c1cc(N2CCC(NC3CCCSC3)CC2)ccn1. The number of nitrogens with one attached hydrogen (secondary N) is 1. The lowest BCUT2D eigenvalue weighted by atomic mass is 10.0. The molecule has 1 atom stereocenters. The molecule has 19 heavy (non-hydrogen) atoms. The Balaban J connectivity index is 1.46. The monoisotopic (exact) mass is 277 g/mol. The van der Waals surface area contributed by atoms with E-state index in [1.807, 2.05) is 12.4 Å². The Morgan fingerprint density at radius 1 is 1.11 bits per heavy atom. The molecule has 0 aromatic carbocycles. The molecule has 0 saturated carbocycles. The van der Waals surface area contributed by atoms with E-state index in [1.165, 1.54) is 56.0 Å². The van der Waals surface area contributed by atoms with Crippen molar-refractivity contribution in [1.82, 2.24) is 10.3 Å². The van der Waals surface area contributed by atoms with Crippen molar-refractivity contribution in [3.8, 4) is 0 Å². The summed E-state index contributed by atoms with van der Waals surface area (Å²) in [5, 5.41) is 3.87. The first-order valence-corrected chi connectivity index (χ1v) is 8.56. The van der Waals surface area contributed by atoms with E-state index in [9.17, 15) is 0 Å². The van der Waals surface area contributed by atoms with Gasteiger partial charge in [-0.15, -0.1) is 0 Å². The first-order chi connectivity index (χ1) is 9.42. The van der Waals surface area contributed by atoms with Crippen molar-refractivity contribution in [3.05, 3.63) is 24.5 Å². The van der Waals surface area contributed by atoms with Crippen molar-refractivity contribution in [3.63, 3.8) is 0 Å². The van der Waals surface area contributed by atoms with Gasteiger partial charge in [0.1, 0.15) is 0 Å². The molecule has 3 heterocycles. The highest BCUT2D eigenvalue weighted by Gasteiger charge is 2.22. The predicted octanol–water partition coefficient (Wildman–Crippen LogP) is 2.54. The van der Waals surface area contributed by atoms with Gasteiger partial charge in [-0.3, -0.25) is 4.98 Å². The van der Waals surface area contributed by atoms with Gasteiger partial charge < -0.3 is 10.2 Å². The number of aromatic nitrogens is 1. The molecule has 0 bridgehead atoms. The second-order valence-electron chi connectivity index (χ2n) is 5.55. The number of pyridine rings is 1. The number of rotatable bonds is 3.